The van der Waals surface area contributed by atoms with Gasteiger partial charge in [-0.2, -0.15) is 0 Å². The van der Waals surface area contributed by atoms with Crippen LogP contribution in [0.4, 0.5) is 14.9 Å². The smallest absolute Gasteiger partial charge is 0.405 e. The van der Waals surface area contributed by atoms with Crippen LogP contribution in [0, 0.1) is 17.2 Å². The van der Waals surface area contributed by atoms with Gasteiger partial charge in [0.05, 0.1) is 40.6 Å². The van der Waals surface area contributed by atoms with Crippen molar-refractivity contribution in [2.45, 2.75) is 45.8 Å². The molecule has 3 N–H and O–H groups in total. The van der Waals surface area contributed by atoms with Crippen LogP contribution in [-0.2, 0) is 17.7 Å². The van der Waals surface area contributed by atoms with Crippen LogP contribution < -0.4 is 10.6 Å². The maximum Gasteiger partial charge on any atom is 0.405 e. The van der Waals surface area contributed by atoms with Crippen molar-refractivity contribution < 1.29 is 19.0 Å². The summed E-state index contributed by atoms with van der Waals surface area (Å²) >= 11 is 12.5. The molecule has 3 aromatic rings. The zero-order chi connectivity index (χ0) is 26.3. The number of carbonyl (C=O) groups excluding carboxylic acids is 1. The Balaban J connectivity index is 1.76. The summed E-state index contributed by atoms with van der Waals surface area (Å²) in [4.78, 5) is 18.7. The third-order valence-corrected chi connectivity index (χ3v) is 7.47. The van der Waals surface area contributed by atoms with Gasteiger partial charge in [-0.1, -0.05) is 44.0 Å². The summed E-state index contributed by atoms with van der Waals surface area (Å²) in [5.74, 6) is -0.653. The second-order valence-electron chi connectivity index (χ2n) is 10.7. The molecule has 0 spiro atoms. The molecule has 2 heterocycles. The standard InChI is InChI=1S/C26H31Cl2FN4O3/c1-25(2,3)11-17(12-33-15-31-21-9-19(27)20(28)10-23(21)33)26(14-34,36-24(30)35)13-32-7-6-16-8-18(29)4-5-22(16)32/h4-5,8-10,15,17,34H,6-7,11-14H2,1-3H3,(H2,30,35)/t17?,26-/m1/s1. The minimum Gasteiger partial charge on any atom is -0.438 e. The highest BCUT2D eigenvalue weighted by Crippen LogP contribution is 2.39. The van der Waals surface area contributed by atoms with E-state index in [-0.39, 0.29) is 23.7 Å². The Morgan fingerprint density at radius 2 is 1.97 bits per heavy atom. The Hall–Kier alpha value is -2.55. The summed E-state index contributed by atoms with van der Waals surface area (Å²) in [7, 11) is 0. The summed E-state index contributed by atoms with van der Waals surface area (Å²) in [6.45, 7) is 7.00. The number of nitrogens with zero attached hydrogens (tertiary/aromatic N) is 3. The number of imidazole rings is 1. The molecule has 0 radical (unpaired) electrons. The zero-order valence-electron chi connectivity index (χ0n) is 20.6. The monoisotopic (exact) mass is 536 g/mol. The van der Waals surface area contributed by atoms with Crippen LogP contribution in [0.3, 0.4) is 0 Å². The highest BCUT2D eigenvalue weighted by molar-refractivity contribution is 6.42. The SMILES string of the molecule is CC(C)(C)CC(Cn1cnc2cc(Cl)c(Cl)cc21)[C@](CO)(CN1CCc2cc(F)ccc21)OC(N)=O. The molecule has 0 bridgehead atoms. The van der Waals surface area contributed by atoms with Crippen molar-refractivity contribution in [2.24, 2.45) is 17.1 Å². The zero-order valence-corrected chi connectivity index (χ0v) is 22.1. The molecule has 1 aliphatic rings. The molecule has 1 amide bonds. The van der Waals surface area contributed by atoms with Crippen LogP contribution in [0.1, 0.15) is 32.8 Å². The van der Waals surface area contributed by atoms with E-state index in [1.165, 1.54) is 12.1 Å². The second kappa shape index (κ2) is 10.1. The molecular weight excluding hydrogens is 506 g/mol. The highest BCUT2D eigenvalue weighted by Gasteiger charge is 2.46. The first-order chi connectivity index (χ1) is 16.9. The van der Waals surface area contributed by atoms with E-state index in [1.54, 1.807) is 24.5 Å². The first kappa shape index (κ1) is 26.5. The fraction of sp³-hybridized carbons (Fsp3) is 0.462. The van der Waals surface area contributed by atoms with Crippen molar-refractivity contribution in [1.82, 2.24) is 9.55 Å². The number of ether oxygens (including phenoxy) is 1. The Morgan fingerprint density at radius 3 is 2.64 bits per heavy atom. The summed E-state index contributed by atoms with van der Waals surface area (Å²) in [6.07, 6.45) is 1.98. The summed E-state index contributed by atoms with van der Waals surface area (Å²) in [5.41, 5.74) is 7.23. The second-order valence-corrected chi connectivity index (χ2v) is 11.5. The van der Waals surface area contributed by atoms with E-state index in [4.69, 9.17) is 33.7 Å². The number of halogens is 3. The van der Waals surface area contributed by atoms with E-state index in [0.717, 1.165) is 16.8 Å². The quantitative estimate of drug-likeness (QED) is 0.400. The molecule has 0 saturated carbocycles. The Morgan fingerprint density at radius 1 is 1.25 bits per heavy atom. The largest absolute Gasteiger partial charge is 0.438 e. The number of fused-ring (bicyclic) bond motifs is 2. The lowest BCUT2D eigenvalue weighted by molar-refractivity contribution is -0.0766. The minimum absolute atomic E-state index is 0.171. The van der Waals surface area contributed by atoms with E-state index < -0.39 is 18.3 Å². The number of aliphatic hydroxyl groups is 1. The van der Waals surface area contributed by atoms with Gasteiger partial charge < -0.3 is 25.0 Å². The van der Waals surface area contributed by atoms with Crippen LogP contribution in [0.2, 0.25) is 10.0 Å². The van der Waals surface area contributed by atoms with Crippen LogP contribution >= 0.6 is 23.2 Å². The molecule has 0 saturated heterocycles. The average Bonchev–Trinajstić information content (AvgIpc) is 3.35. The van der Waals surface area contributed by atoms with Crippen molar-refractivity contribution in [3.05, 3.63) is 58.1 Å². The van der Waals surface area contributed by atoms with Crippen LogP contribution in [0.5, 0.6) is 0 Å². The molecule has 10 heteroatoms. The van der Waals surface area contributed by atoms with E-state index >= 15 is 0 Å². The van der Waals surface area contributed by atoms with Crippen molar-refractivity contribution in [2.75, 3.05) is 24.6 Å². The summed E-state index contributed by atoms with van der Waals surface area (Å²) < 4.78 is 21.5. The van der Waals surface area contributed by atoms with Gasteiger partial charge in [0.25, 0.3) is 0 Å². The number of carbonyl (C=O) groups is 1. The lowest BCUT2D eigenvalue weighted by Gasteiger charge is -2.43. The number of nitrogens with two attached hydrogens (primary N) is 1. The number of hydrogen-bond acceptors (Lipinski definition) is 5. The Bertz CT molecular complexity index is 1280. The predicted octanol–water partition coefficient (Wildman–Crippen LogP) is 5.42. The first-order valence-corrected chi connectivity index (χ1v) is 12.6. The van der Waals surface area contributed by atoms with E-state index in [0.29, 0.717) is 41.5 Å². The maximum atomic E-state index is 13.8. The van der Waals surface area contributed by atoms with Crippen LogP contribution in [-0.4, -0.2) is 46.0 Å². The molecule has 4 rings (SSSR count). The first-order valence-electron chi connectivity index (χ1n) is 11.8. The highest BCUT2D eigenvalue weighted by atomic mass is 35.5. The van der Waals surface area contributed by atoms with Gasteiger partial charge in [0, 0.05) is 24.7 Å². The van der Waals surface area contributed by atoms with Crippen molar-refractivity contribution >= 4 is 46.0 Å². The molecule has 36 heavy (non-hydrogen) atoms. The van der Waals surface area contributed by atoms with Gasteiger partial charge in [0.15, 0.2) is 5.60 Å². The van der Waals surface area contributed by atoms with Gasteiger partial charge in [-0.15, -0.1) is 0 Å². The molecule has 1 aromatic heterocycles. The molecule has 1 unspecified atom stereocenters. The lowest BCUT2D eigenvalue weighted by Crippen LogP contribution is -2.56. The minimum atomic E-state index is -1.33. The number of aromatic nitrogens is 2. The Kier molecular flexibility index (Phi) is 7.42. The molecule has 1 aliphatic heterocycles. The fourth-order valence-corrected chi connectivity index (χ4v) is 5.49. The van der Waals surface area contributed by atoms with E-state index in [2.05, 4.69) is 25.8 Å². The predicted molar refractivity (Wildman–Crippen MR) is 140 cm³/mol. The Labute approximate surface area is 219 Å². The van der Waals surface area contributed by atoms with E-state index in [1.807, 2.05) is 9.47 Å². The summed E-state index contributed by atoms with van der Waals surface area (Å²) in [6, 6.07) is 8.10. The van der Waals surface area contributed by atoms with Crippen molar-refractivity contribution in [3.63, 3.8) is 0 Å². The third kappa shape index (κ3) is 5.56. The lowest BCUT2D eigenvalue weighted by atomic mass is 9.75. The van der Waals surface area contributed by atoms with E-state index in [9.17, 15) is 14.3 Å². The van der Waals surface area contributed by atoms with Gasteiger partial charge in [-0.3, -0.25) is 0 Å². The van der Waals surface area contributed by atoms with Crippen molar-refractivity contribution in [3.8, 4) is 0 Å². The number of anilines is 1. The summed E-state index contributed by atoms with van der Waals surface area (Å²) in [5, 5.41) is 11.6. The van der Waals surface area contributed by atoms with Crippen LogP contribution in [0.15, 0.2) is 36.7 Å². The maximum absolute atomic E-state index is 13.8. The molecule has 7 nitrogen and oxygen atoms in total. The molecular formula is C26H31Cl2FN4O3. The molecule has 2 aromatic carbocycles. The number of aliphatic hydroxyl groups excluding tert-OH is 1. The third-order valence-electron chi connectivity index (χ3n) is 6.75. The van der Waals surface area contributed by atoms with Crippen molar-refractivity contribution in [1.29, 1.82) is 0 Å². The number of hydrogen-bond donors (Lipinski definition) is 2. The topological polar surface area (TPSA) is 93.6 Å². The normalized spacial score (nSPS) is 16.1. The van der Waals surface area contributed by atoms with Gasteiger partial charge in [0.1, 0.15) is 5.82 Å². The molecule has 2 atom stereocenters. The number of rotatable bonds is 8. The van der Waals surface area contributed by atoms with Gasteiger partial charge in [-0.25, -0.2) is 14.2 Å². The fourth-order valence-electron chi connectivity index (χ4n) is 5.17. The molecule has 0 aliphatic carbocycles. The van der Waals surface area contributed by atoms with Gasteiger partial charge >= 0.3 is 6.09 Å². The van der Waals surface area contributed by atoms with Gasteiger partial charge in [-0.05, 0) is 54.2 Å². The van der Waals surface area contributed by atoms with Crippen LogP contribution in [0.25, 0.3) is 11.0 Å². The number of benzene rings is 2. The average molecular weight is 537 g/mol. The molecule has 194 valence electrons. The number of primary amides is 1. The van der Waals surface area contributed by atoms with Gasteiger partial charge in [0.2, 0.25) is 0 Å². The number of amides is 1. The molecule has 0 fully saturated rings.